The van der Waals surface area contributed by atoms with Gasteiger partial charge in [0.2, 0.25) is 0 Å². The van der Waals surface area contributed by atoms with Crippen molar-refractivity contribution in [3.63, 3.8) is 0 Å². The number of likely N-dealkylation sites (tertiary alicyclic amines) is 1. The Morgan fingerprint density at radius 1 is 1.38 bits per heavy atom. The van der Waals surface area contributed by atoms with Crippen molar-refractivity contribution in [2.75, 3.05) is 13.1 Å². The van der Waals surface area contributed by atoms with E-state index in [9.17, 15) is 4.79 Å². The predicted octanol–water partition coefficient (Wildman–Crippen LogP) is 2.52. The van der Waals surface area contributed by atoms with Crippen LogP contribution < -0.4 is 0 Å². The van der Waals surface area contributed by atoms with E-state index in [1.54, 1.807) is 6.20 Å². The molecule has 1 unspecified atom stereocenters. The maximum Gasteiger partial charge on any atom is 0.270 e. The van der Waals surface area contributed by atoms with Crippen LogP contribution in [0.25, 0.3) is 0 Å². The fourth-order valence-electron chi connectivity index (χ4n) is 3.11. The van der Waals surface area contributed by atoms with Gasteiger partial charge in [-0.2, -0.15) is 0 Å². The third-order valence-corrected chi connectivity index (χ3v) is 4.22. The number of aryl methyl sites for hydroxylation is 1. The van der Waals surface area contributed by atoms with Crippen LogP contribution in [-0.4, -0.2) is 33.4 Å². The zero-order valence-corrected chi connectivity index (χ0v) is 12.4. The molecule has 1 saturated heterocycles. The number of hydrogen-bond donors (Lipinski definition) is 0. The van der Waals surface area contributed by atoms with E-state index >= 15 is 0 Å². The Hall–Kier alpha value is -2.10. The van der Waals surface area contributed by atoms with Gasteiger partial charge in [-0.25, -0.2) is 0 Å². The van der Waals surface area contributed by atoms with Crippen LogP contribution in [0.3, 0.4) is 0 Å². The van der Waals surface area contributed by atoms with E-state index < -0.39 is 0 Å². The maximum absolute atomic E-state index is 12.6. The van der Waals surface area contributed by atoms with Crippen molar-refractivity contribution in [2.45, 2.75) is 19.3 Å². The van der Waals surface area contributed by atoms with Gasteiger partial charge in [-0.1, -0.05) is 6.07 Å². The van der Waals surface area contributed by atoms with E-state index in [4.69, 9.17) is 0 Å². The van der Waals surface area contributed by atoms with Crippen molar-refractivity contribution in [1.82, 2.24) is 14.5 Å². The second-order valence-corrected chi connectivity index (χ2v) is 5.83. The maximum atomic E-state index is 12.6. The van der Waals surface area contributed by atoms with Gasteiger partial charge in [0.1, 0.15) is 5.69 Å². The van der Waals surface area contributed by atoms with Crippen LogP contribution in [0, 0.1) is 5.92 Å². The minimum absolute atomic E-state index is 0.151. The van der Waals surface area contributed by atoms with Crippen LogP contribution in [-0.2, 0) is 13.5 Å². The lowest BCUT2D eigenvalue weighted by Crippen LogP contribution is -2.41. The lowest BCUT2D eigenvalue weighted by atomic mass is 9.92. The lowest BCUT2D eigenvalue weighted by molar-refractivity contribution is 0.0663. The summed E-state index contributed by atoms with van der Waals surface area (Å²) in [6.07, 6.45) is 8.93. The number of hydrogen-bond acceptors (Lipinski definition) is 2. The molecule has 21 heavy (non-hydrogen) atoms. The molecule has 3 heterocycles. The highest BCUT2D eigenvalue weighted by atomic mass is 16.2. The van der Waals surface area contributed by atoms with E-state index in [0.29, 0.717) is 5.92 Å². The Labute approximate surface area is 125 Å². The number of carbonyl (C=O) groups excluding carboxylic acids is 1. The van der Waals surface area contributed by atoms with E-state index in [0.717, 1.165) is 31.6 Å². The number of piperidine rings is 1. The van der Waals surface area contributed by atoms with Gasteiger partial charge < -0.3 is 9.47 Å². The molecule has 1 atom stereocenters. The zero-order valence-electron chi connectivity index (χ0n) is 12.4. The van der Waals surface area contributed by atoms with E-state index in [-0.39, 0.29) is 5.91 Å². The second-order valence-electron chi connectivity index (χ2n) is 5.83. The molecule has 0 saturated carbocycles. The van der Waals surface area contributed by atoms with Crippen molar-refractivity contribution in [3.8, 4) is 0 Å². The monoisotopic (exact) mass is 283 g/mol. The molecule has 0 bridgehead atoms. The van der Waals surface area contributed by atoms with Crippen LogP contribution in [0.1, 0.15) is 28.9 Å². The molecular weight excluding hydrogens is 262 g/mol. The van der Waals surface area contributed by atoms with Crippen molar-refractivity contribution >= 4 is 5.91 Å². The van der Waals surface area contributed by atoms with Crippen LogP contribution in [0.4, 0.5) is 0 Å². The van der Waals surface area contributed by atoms with Gasteiger partial charge in [0.05, 0.1) is 0 Å². The van der Waals surface area contributed by atoms with Crippen LogP contribution >= 0.6 is 0 Å². The van der Waals surface area contributed by atoms with Crippen LogP contribution in [0.5, 0.6) is 0 Å². The molecule has 4 nitrogen and oxygen atoms in total. The zero-order chi connectivity index (χ0) is 14.7. The first-order valence-electron chi connectivity index (χ1n) is 7.53. The Morgan fingerprint density at radius 2 is 2.29 bits per heavy atom. The molecule has 0 aliphatic carbocycles. The molecule has 4 heteroatoms. The summed E-state index contributed by atoms with van der Waals surface area (Å²) in [5.74, 6) is 0.686. The summed E-state index contributed by atoms with van der Waals surface area (Å²) in [6.45, 7) is 1.71. The molecular formula is C17H21N3O. The predicted molar refractivity (Wildman–Crippen MR) is 82.0 cm³/mol. The van der Waals surface area contributed by atoms with Gasteiger partial charge in [-0.15, -0.1) is 0 Å². The second kappa shape index (κ2) is 6.12. The normalized spacial score (nSPS) is 18.7. The van der Waals surface area contributed by atoms with Gasteiger partial charge in [-0.3, -0.25) is 9.78 Å². The summed E-state index contributed by atoms with van der Waals surface area (Å²) in [7, 11) is 1.92. The Morgan fingerprint density at radius 3 is 3.00 bits per heavy atom. The van der Waals surface area contributed by atoms with Crippen molar-refractivity contribution < 1.29 is 4.79 Å². The molecule has 2 aromatic heterocycles. The van der Waals surface area contributed by atoms with Gasteiger partial charge >= 0.3 is 0 Å². The van der Waals surface area contributed by atoms with Gasteiger partial charge in [-0.05, 0) is 48.9 Å². The van der Waals surface area contributed by atoms with E-state index in [2.05, 4.69) is 11.1 Å². The number of amides is 1. The minimum Gasteiger partial charge on any atom is -0.347 e. The third-order valence-electron chi connectivity index (χ3n) is 4.22. The van der Waals surface area contributed by atoms with Crippen molar-refractivity contribution in [3.05, 3.63) is 54.1 Å². The first kappa shape index (κ1) is 13.9. The average Bonchev–Trinajstić information content (AvgIpc) is 2.94. The summed E-state index contributed by atoms with van der Waals surface area (Å²) in [5.41, 5.74) is 2.03. The highest BCUT2D eigenvalue weighted by molar-refractivity contribution is 5.92. The average molecular weight is 283 g/mol. The molecule has 0 aromatic carbocycles. The quantitative estimate of drug-likeness (QED) is 0.868. The van der Waals surface area contributed by atoms with Gasteiger partial charge in [0.25, 0.3) is 5.91 Å². The topological polar surface area (TPSA) is 38.1 Å². The smallest absolute Gasteiger partial charge is 0.270 e. The molecule has 0 radical (unpaired) electrons. The first-order chi connectivity index (χ1) is 10.2. The summed E-state index contributed by atoms with van der Waals surface area (Å²) in [5, 5.41) is 0. The fraction of sp³-hybridized carbons (Fsp3) is 0.412. The van der Waals surface area contributed by atoms with Gasteiger partial charge in [0.15, 0.2) is 0 Å². The summed E-state index contributed by atoms with van der Waals surface area (Å²) >= 11 is 0. The van der Waals surface area contributed by atoms with E-state index in [1.165, 1.54) is 12.0 Å². The molecule has 1 amide bonds. The number of nitrogens with zero attached hydrogens (tertiary/aromatic N) is 3. The highest BCUT2D eigenvalue weighted by Gasteiger charge is 2.25. The van der Waals surface area contributed by atoms with Crippen molar-refractivity contribution in [1.29, 1.82) is 0 Å². The summed E-state index contributed by atoms with van der Waals surface area (Å²) < 4.78 is 1.90. The largest absolute Gasteiger partial charge is 0.347 e. The Bertz CT molecular complexity index is 606. The molecule has 110 valence electrons. The SMILES string of the molecule is Cn1cccc1C(=O)N1CCCC(Cc2cccnc2)C1. The molecule has 1 fully saturated rings. The van der Waals surface area contributed by atoms with Crippen molar-refractivity contribution in [2.24, 2.45) is 13.0 Å². The molecule has 2 aromatic rings. The van der Waals surface area contributed by atoms with Crippen LogP contribution in [0.2, 0.25) is 0 Å². The van der Waals surface area contributed by atoms with Crippen LogP contribution in [0.15, 0.2) is 42.9 Å². The number of aromatic nitrogens is 2. The molecule has 0 spiro atoms. The number of pyridine rings is 1. The standard InChI is InChI=1S/C17H21N3O/c1-19-9-4-7-16(19)17(21)20-10-3-6-15(13-20)11-14-5-2-8-18-12-14/h2,4-5,7-9,12,15H,3,6,10-11,13H2,1H3. The minimum atomic E-state index is 0.151. The summed E-state index contributed by atoms with van der Waals surface area (Å²) in [6, 6.07) is 7.91. The highest BCUT2D eigenvalue weighted by Crippen LogP contribution is 2.22. The first-order valence-corrected chi connectivity index (χ1v) is 7.53. The van der Waals surface area contributed by atoms with Gasteiger partial charge in [0, 0.05) is 38.7 Å². The van der Waals surface area contributed by atoms with E-state index in [1.807, 2.05) is 47.1 Å². The lowest BCUT2D eigenvalue weighted by Gasteiger charge is -2.33. The molecule has 1 aliphatic heterocycles. The summed E-state index contributed by atoms with van der Waals surface area (Å²) in [4.78, 5) is 18.7. The molecule has 0 N–H and O–H groups in total. The Kier molecular flexibility index (Phi) is 4.04. The molecule has 1 aliphatic rings. The fourth-order valence-corrected chi connectivity index (χ4v) is 3.11. The third kappa shape index (κ3) is 3.15. The molecule has 3 rings (SSSR count). The Balaban J connectivity index is 1.66. The number of carbonyl (C=O) groups is 1. The number of rotatable bonds is 3.